The number of benzene rings is 2. The van der Waals surface area contributed by atoms with Crippen molar-refractivity contribution in [3.63, 3.8) is 0 Å². The zero-order valence-electron chi connectivity index (χ0n) is 19.5. The molecule has 0 spiro atoms. The molecule has 0 amide bonds. The zero-order valence-corrected chi connectivity index (χ0v) is 19.5. The standard InChI is InChI=1S/C29H34O2/c1-19(16-27(30)31)20-6-8-21(9-7-20)22-10-11-23(17-22)24-12-13-25-26(18-24)29(4,5)15-14-28(25,2)3/h6-10,12-13,16,18,23H,11,14-15,17H2,1-5H3,(H,30,31). The fraction of sp³-hybridized carbons (Fsp3) is 0.414. The van der Waals surface area contributed by atoms with E-state index < -0.39 is 5.97 Å². The Kier molecular flexibility index (Phi) is 5.45. The summed E-state index contributed by atoms with van der Waals surface area (Å²) in [6.07, 6.45) is 8.28. The molecule has 2 heteroatoms. The van der Waals surface area contributed by atoms with Gasteiger partial charge < -0.3 is 5.11 Å². The van der Waals surface area contributed by atoms with Gasteiger partial charge in [0, 0.05) is 6.08 Å². The summed E-state index contributed by atoms with van der Waals surface area (Å²) in [5.74, 6) is -0.367. The maximum atomic E-state index is 10.9. The van der Waals surface area contributed by atoms with E-state index >= 15 is 0 Å². The molecule has 1 atom stereocenters. The van der Waals surface area contributed by atoms with Crippen LogP contribution < -0.4 is 0 Å². The molecule has 0 bridgehead atoms. The Hall–Kier alpha value is -2.61. The molecular weight excluding hydrogens is 380 g/mol. The molecule has 31 heavy (non-hydrogen) atoms. The van der Waals surface area contributed by atoms with Gasteiger partial charge in [-0.25, -0.2) is 4.79 Å². The molecule has 0 radical (unpaired) electrons. The van der Waals surface area contributed by atoms with Gasteiger partial charge in [-0.2, -0.15) is 0 Å². The first-order valence-electron chi connectivity index (χ1n) is 11.4. The summed E-state index contributed by atoms with van der Waals surface area (Å²) < 4.78 is 0. The van der Waals surface area contributed by atoms with E-state index in [1.165, 1.54) is 41.2 Å². The predicted octanol–water partition coefficient (Wildman–Crippen LogP) is 7.48. The van der Waals surface area contributed by atoms with Crippen LogP contribution in [0.4, 0.5) is 0 Å². The van der Waals surface area contributed by atoms with E-state index in [0.29, 0.717) is 5.92 Å². The van der Waals surface area contributed by atoms with Crippen molar-refractivity contribution >= 4 is 17.1 Å². The van der Waals surface area contributed by atoms with Crippen LogP contribution in [0.15, 0.2) is 54.6 Å². The number of carboxylic acid groups (broad SMARTS) is 1. The van der Waals surface area contributed by atoms with E-state index in [2.05, 4.69) is 64.1 Å². The first-order chi connectivity index (χ1) is 14.6. The number of aliphatic carboxylic acids is 1. The second kappa shape index (κ2) is 7.82. The Balaban J connectivity index is 1.54. The monoisotopic (exact) mass is 414 g/mol. The number of allylic oxidation sites excluding steroid dienone is 3. The topological polar surface area (TPSA) is 37.3 Å². The van der Waals surface area contributed by atoms with Crippen LogP contribution in [0.25, 0.3) is 11.1 Å². The van der Waals surface area contributed by atoms with Crippen molar-refractivity contribution in [3.8, 4) is 0 Å². The van der Waals surface area contributed by atoms with Crippen LogP contribution in [-0.4, -0.2) is 11.1 Å². The SMILES string of the molecule is CC(=CC(=O)O)c1ccc(C2=CCC(c3ccc4c(c3)C(C)(C)CCC4(C)C)C2)cc1. The van der Waals surface area contributed by atoms with Crippen LogP contribution in [0.2, 0.25) is 0 Å². The van der Waals surface area contributed by atoms with Gasteiger partial charge in [0.2, 0.25) is 0 Å². The van der Waals surface area contributed by atoms with Crippen molar-refractivity contribution in [3.05, 3.63) is 82.4 Å². The third-order valence-corrected chi connectivity index (χ3v) is 7.51. The smallest absolute Gasteiger partial charge is 0.328 e. The lowest BCUT2D eigenvalue weighted by Gasteiger charge is -2.42. The first kappa shape index (κ1) is 21.6. The van der Waals surface area contributed by atoms with Crippen LogP contribution in [0.1, 0.15) is 94.0 Å². The molecule has 1 unspecified atom stereocenters. The molecule has 0 aromatic heterocycles. The Morgan fingerprint density at radius 1 is 0.968 bits per heavy atom. The van der Waals surface area contributed by atoms with Gasteiger partial charge in [0.15, 0.2) is 0 Å². The number of carbonyl (C=O) groups is 1. The molecule has 0 aliphatic heterocycles. The van der Waals surface area contributed by atoms with Crippen molar-refractivity contribution in [2.45, 2.75) is 77.0 Å². The van der Waals surface area contributed by atoms with E-state index in [-0.39, 0.29) is 10.8 Å². The molecular formula is C29H34O2. The van der Waals surface area contributed by atoms with E-state index in [4.69, 9.17) is 5.11 Å². The summed E-state index contributed by atoms with van der Waals surface area (Å²) >= 11 is 0. The van der Waals surface area contributed by atoms with Crippen LogP contribution in [0, 0.1) is 0 Å². The normalized spacial score (nSPS) is 22.0. The first-order valence-corrected chi connectivity index (χ1v) is 11.4. The van der Waals surface area contributed by atoms with Gasteiger partial charge in [-0.15, -0.1) is 0 Å². The van der Waals surface area contributed by atoms with Crippen LogP contribution in [-0.2, 0) is 15.6 Å². The lowest BCUT2D eigenvalue weighted by Crippen LogP contribution is -2.33. The second-order valence-electron chi connectivity index (χ2n) is 10.7. The highest BCUT2D eigenvalue weighted by molar-refractivity contribution is 5.89. The predicted molar refractivity (Wildman–Crippen MR) is 129 cm³/mol. The fourth-order valence-electron chi connectivity index (χ4n) is 5.28. The lowest BCUT2D eigenvalue weighted by atomic mass is 9.62. The molecule has 162 valence electrons. The molecule has 0 saturated carbocycles. The minimum Gasteiger partial charge on any atom is -0.478 e. The van der Waals surface area contributed by atoms with Crippen molar-refractivity contribution in [2.24, 2.45) is 0 Å². The van der Waals surface area contributed by atoms with Crippen LogP contribution in [0.3, 0.4) is 0 Å². The van der Waals surface area contributed by atoms with Crippen molar-refractivity contribution in [1.29, 1.82) is 0 Å². The number of hydrogen-bond acceptors (Lipinski definition) is 1. The highest BCUT2D eigenvalue weighted by Crippen LogP contribution is 2.48. The number of fused-ring (bicyclic) bond motifs is 1. The zero-order chi connectivity index (χ0) is 22.4. The largest absolute Gasteiger partial charge is 0.478 e. The van der Waals surface area contributed by atoms with Gasteiger partial charge in [0.1, 0.15) is 0 Å². The van der Waals surface area contributed by atoms with Gasteiger partial charge in [0.25, 0.3) is 0 Å². The number of rotatable bonds is 4. The molecule has 2 aliphatic carbocycles. The highest BCUT2D eigenvalue weighted by Gasteiger charge is 2.37. The number of hydrogen-bond donors (Lipinski definition) is 1. The molecule has 2 aromatic carbocycles. The van der Waals surface area contributed by atoms with Gasteiger partial charge in [0.05, 0.1) is 0 Å². The van der Waals surface area contributed by atoms with E-state index in [1.807, 2.05) is 19.1 Å². The average molecular weight is 415 g/mol. The Morgan fingerprint density at radius 3 is 2.26 bits per heavy atom. The van der Waals surface area contributed by atoms with Crippen molar-refractivity contribution in [1.82, 2.24) is 0 Å². The Bertz CT molecular complexity index is 1060. The molecule has 2 aliphatic rings. The molecule has 1 N–H and O–H groups in total. The maximum absolute atomic E-state index is 10.9. The Morgan fingerprint density at radius 2 is 1.61 bits per heavy atom. The highest BCUT2D eigenvalue weighted by atomic mass is 16.4. The summed E-state index contributed by atoms with van der Waals surface area (Å²) in [4.78, 5) is 10.9. The molecule has 0 heterocycles. The quantitative estimate of drug-likeness (QED) is 0.526. The third-order valence-electron chi connectivity index (χ3n) is 7.51. The summed E-state index contributed by atoms with van der Waals surface area (Å²) in [6, 6.07) is 15.6. The van der Waals surface area contributed by atoms with Gasteiger partial charge in [-0.1, -0.05) is 76.2 Å². The van der Waals surface area contributed by atoms with Crippen molar-refractivity contribution in [2.75, 3.05) is 0 Å². The lowest BCUT2D eigenvalue weighted by molar-refractivity contribution is -0.131. The fourth-order valence-corrected chi connectivity index (χ4v) is 5.28. The minimum absolute atomic E-state index is 0.243. The minimum atomic E-state index is -0.903. The summed E-state index contributed by atoms with van der Waals surface area (Å²) in [6.45, 7) is 11.4. The molecule has 0 fully saturated rings. The van der Waals surface area contributed by atoms with Gasteiger partial charge in [-0.05, 0) is 88.3 Å². The maximum Gasteiger partial charge on any atom is 0.328 e. The van der Waals surface area contributed by atoms with Crippen LogP contribution in [0.5, 0.6) is 0 Å². The van der Waals surface area contributed by atoms with E-state index in [0.717, 1.165) is 24.0 Å². The summed E-state index contributed by atoms with van der Waals surface area (Å²) in [5, 5.41) is 8.96. The van der Waals surface area contributed by atoms with Gasteiger partial charge >= 0.3 is 5.97 Å². The summed E-state index contributed by atoms with van der Waals surface area (Å²) in [7, 11) is 0. The van der Waals surface area contributed by atoms with E-state index in [9.17, 15) is 4.79 Å². The van der Waals surface area contributed by atoms with E-state index in [1.54, 1.807) is 5.56 Å². The molecule has 2 nitrogen and oxygen atoms in total. The average Bonchev–Trinajstić information content (AvgIpc) is 3.21. The Labute approximate surface area is 186 Å². The van der Waals surface area contributed by atoms with Crippen molar-refractivity contribution < 1.29 is 9.90 Å². The molecule has 0 saturated heterocycles. The molecule has 4 rings (SSSR count). The van der Waals surface area contributed by atoms with Gasteiger partial charge in [-0.3, -0.25) is 0 Å². The second-order valence-corrected chi connectivity index (χ2v) is 10.7. The third kappa shape index (κ3) is 4.26. The molecule has 2 aromatic rings. The van der Waals surface area contributed by atoms with Crippen LogP contribution >= 0.6 is 0 Å². The number of carboxylic acids is 1. The summed E-state index contributed by atoms with van der Waals surface area (Å²) in [5.41, 5.74) is 9.41.